The van der Waals surface area contributed by atoms with Gasteiger partial charge in [-0.05, 0) is 26.0 Å². The van der Waals surface area contributed by atoms with Crippen LogP contribution in [0.15, 0.2) is 18.2 Å². The quantitative estimate of drug-likeness (QED) is 0.789. The van der Waals surface area contributed by atoms with Crippen molar-refractivity contribution in [2.24, 2.45) is 0 Å². The Balaban J connectivity index is 2.43. The largest absolute Gasteiger partial charge is 0.496 e. The Bertz CT molecular complexity index is 439. The molecule has 1 aromatic rings. The van der Waals surface area contributed by atoms with E-state index in [1.54, 1.807) is 7.11 Å². The van der Waals surface area contributed by atoms with Crippen LogP contribution in [0.1, 0.15) is 30.9 Å². The van der Waals surface area contributed by atoms with E-state index in [9.17, 15) is 4.79 Å². The van der Waals surface area contributed by atoms with Gasteiger partial charge in [-0.1, -0.05) is 11.6 Å². The van der Waals surface area contributed by atoms with Crippen LogP contribution in [0.2, 0.25) is 0 Å². The molecular weight excluding hydrogens is 216 g/mol. The molecule has 0 bridgehead atoms. The predicted octanol–water partition coefficient (Wildman–Crippen LogP) is 2.60. The number of hydrogen-bond acceptors (Lipinski definition) is 3. The summed E-state index contributed by atoms with van der Waals surface area (Å²) in [5.41, 5.74) is 1.56. The lowest BCUT2D eigenvalue weighted by Crippen LogP contribution is -2.35. The van der Waals surface area contributed by atoms with Crippen LogP contribution in [0.4, 0.5) is 0 Å². The number of ketones is 1. The second-order valence-electron chi connectivity index (χ2n) is 4.75. The average molecular weight is 234 g/mol. The van der Waals surface area contributed by atoms with E-state index >= 15 is 0 Å². The second kappa shape index (κ2) is 4.49. The highest BCUT2D eigenvalue weighted by molar-refractivity contribution is 5.80. The zero-order valence-electron chi connectivity index (χ0n) is 10.6. The summed E-state index contributed by atoms with van der Waals surface area (Å²) in [6.07, 6.45) is 0.941. The molecule has 1 aliphatic heterocycles. The second-order valence-corrected chi connectivity index (χ2v) is 4.75. The molecule has 1 fully saturated rings. The SMILES string of the molecule is COc1ccc(C)cc1C1(C)CC(=O)CCO1. The highest BCUT2D eigenvalue weighted by atomic mass is 16.5. The van der Waals surface area contributed by atoms with Crippen molar-refractivity contribution in [2.45, 2.75) is 32.3 Å². The zero-order valence-corrected chi connectivity index (χ0v) is 10.6. The topological polar surface area (TPSA) is 35.5 Å². The summed E-state index contributed by atoms with van der Waals surface area (Å²) in [6, 6.07) is 5.96. The molecule has 2 rings (SSSR count). The van der Waals surface area contributed by atoms with E-state index in [1.807, 2.05) is 32.0 Å². The fourth-order valence-corrected chi connectivity index (χ4v) is 2.31. The van der Waals surface area contributed by atoms with Crippen molar-refractivity contribution >= 4 is 5.78 Å². The van der Waals surface area contributed by atoms with E-state index < -0.39 is 5.60 Å². The molecule has 0 N–H and O–H groups in total. The molecule has 1 saturated heterocycles. The Morgan fingerprint density at radius 2 is 2.18 bits per heavy atom. The minimum atomic E-state index is -0.549. The number of methoxy groups -OCH3 is 1. The molecule has 3 nitrogen and oxygen atoms in total. The molecule has 0 saturated carbocycles. The summed E-state index contributed by atoms with van der Waals surface area (Å²) in [6.45, 7) is 4.48. The van der Waals surface area contributed by atoms with Crippen LogP contribution in [0.5, 0.6) is 5.75 Å². The van der Waals surface area contributed by atoms with Crippen LogP contribution in [0.3, 0.4) is 0 Å². The van der Waals surface area contributed by atoms with Crippen LogP contribution in [-0.2, 0) is 15.1 Å². The van der Waals surface area contributed by atoms with Gasteiger partial charge < -0.3 is 9.47 Å². The predicted molar refractivity (Wildman–Crippen MR) is 65.3 cm³/mol. The molecule has 92 valence electrons. The highest BCUT2D eigenvalue weighted by Crippen LogP contribution is 2.38. The van der Waals surface area contributed by atoms with E-state index in [2.05, 4.69) is 0 Å². The van der Waals surface area contributed by atoms with Crippen molar-refractivity contribution in [2.75, 3.05) is 13.7 Å². The molecule has 3 heteroatoms. The number of aryl methyl sites for hydroxylation is 1. The maximum absolute atomic E-state index is 11.6. The number of benzene rings is 1. The fourth-order valence-electron chi connectivity index (χ4n) is 2.31. The summed E-state index contributed by atoms with van der Waals surface area (Å²) < 4.78 is 11.2. The number of carbonyl (C=O) groups is 1. The summed E-state index contributed by atoms with van der Waals surface area (Å²) >= 11 is 0. The molecule has 17 heavy (non-hydrogen) atoms. The Morgan fingerprint density at radius 3 is 2.82 bits per heavy atom. The van der Waals surface area contributed by atoms with Gasteiger partial charge in [-0.25, -0.2) is 0 Å². The van der Waals surface area contributed by atoms with E-state index in [1.165, 1.54) is 0 Å². The van der Waals surface area contributed by atoms with Crippen molar-refractivity contribution in [3.8, 4) is 5.75 Å². The number of carbonyl (C=O) groups excluding carboxylic acids is 1. The van der Waals surface area contributed by atoms with Crippen molar-refractivity contribution in [3.63, 3.8) is 0 Å². The molecule has 0 aliphatic carbocycles. The molecular formula is C14H18O3. The molecule has 1 heterocycles. The Labute approximate surface area is 102 Å². The van der Waals surface area contributed by atoms with Crippen LogP contribution >= 0.6 is 0 Å². The molecule has 1 atom stereocenters. The maximum Gasteiger partial charge on any atom is 0.138 e. The van der Waals surface area contributed by atoms with Gasteiger partial charge in [0.05, 0.1) is 13.7 Å². The van der Waals surface area contributed by atoms with Gasteiger partial charge in [-0.3, -0.25) is 4.79 Å². The number of ether oxygens (including phenoxy) is 2. The lowest BCUT2D eigenvalue weighted by Gasteiger charge is -2.34. The third kappa shape index (κ3) is 2.34. The summed E-state index contributed by atoms with van der Waals surface area (Å²) in [7, 11) is 1.64. The smallest absolute Gasteiger partial charge is 0.138 e. The Kier molecular flexibility index (Phi) is 3.20. The van der Waals surface area contributed by atoms with E-state index in [0.717, 1.165) is 16.9 Å². The van der Waals surface area contributed by atoms with E-state index in [4.69, 9.17) is 9.47 Å². The van der Waals surface area contributed by atoms with Crippen molar-refractivity contribution < 1.29 is 14.3 Å². The highest BCUT2D eigenvalue weighted by Gasteiger charge is 2.36. The third-order valence-corrected chi connectivity index (χ3v) is 3.26. The molecule has 1 unspecified atom stereocenters. The maximum atomic E-state index is 11.6. The first kappa shape index (κ1) is 12.1. The Morgan fingerprint density at radius 1 is 1.41 bits per heavy atom. The lowest BCUT2D eigenvalue weighted by atomic mass is 9.86. The van der Waals surface area contributed by atoms with Gasteiger partial charge >= 0.3 is 0 Å². The summed E-state index contributed by atoms with van der Waals surface area (Å²) in [5, 5.41) is 0. The first-order valence-electron chi connectivity index (χ1n) is 5.86. The number of rotatable bonds is 2. The normalized spacial score (nSPS) is 24.8. The van der Waals surface area contributed by atoms with Gasteiger partial charge in [-0.2, -0.15) is 0 Å². The summed E-state index contributed by atoms with van der Waals surface area (Å²) in [5.74, 6) is 1.04. The molecule has 1 aromatic carbocycles. The van der Waals surface area contributed by atoms with Gasteiger partial charge in [-0.15, -0.1) is 0 Å². The average Bonchev–Trinajstić information content (AvgIpc) is 2.28. The molecule has 0 radical (unpaired) electrons. The Hall–Kier alpha value is -1.35. The van der Waals surface area contributed by atoms with Crippen molar-refractivity contribution in [1.82, 2.24) is 0 Å². The van der Waals surface area contributed by atoms with Crippen molar-refractivity contribution in [3.05, 3.63) is 29.3 Å². The van der Waals surface area contributed by atoms with Crippen LogP contribution < -0.4 is 4.74 Å². The molecule has 0 amide bonds. The van der Waals surface area contributed by atoms with Crippen LogP contribution in [0, 0.1) is 6.92 Å². The first-order valence-corrected chi connectivity index (χ1v) is 5.86. The third-order valence-electron chi connectivity index (χ3n) is 3.26. The van der Waals surface area contributed by atoms with Gasteiger partial charge in [0.1, 0.15) is 17.1 Å². The van der Waals surface area contributed by atoms with E-state index in [0.29, 0.717) is 19.4 Å². The van der Waals surface area contributed by atoms with E-state index in [-0.39, 0.29) is 5.78 Å². The first-order chi connectivity index (χ1) is 8.05. The summed E-state index contributed by atoms with van der Waals surface area (Å²) in [4.78, 5) is 11.6. The molecule has 1 aliphatic rings. The minimum Gasteiger partial charge on any atom is -0.496 e. The van der Waals surface area contributed by atoms with Crippen molar-refractivity contribution in [1.29, 1.82) is 0 Å². The molecule has 0 aromatic heterocycles. The number of hydrogen-bond donors (Lipinski definition) is 0. The standard InChI is InChI=1S/C14H18O3/c1-10-4-5-13(16-3)12(8-10)14(2)9-11(15)6-7-17-14/h4-5,8H,6-7,9H2,1-3H3. The van der Waals surface area contributed by atoms with Crippen LogP contribution in [0.25, 0.3) is 0 Å². The zero-order chi connectivity index (χ0) is 12.5. The van der Waals surface area contributed by atoms with Gasteiger partial charge in [0.15, 0.2) is 0 Å². The van der Waals surface area contributed by atoms with Crippen LogP contribution in [-0.4, -0.2) is 19.5 Å². The van der Waals surface area contributed by atoms with Gasteiger partial charge in [0, 0.05) is 18.4 Å². The molecule has 0 spiro atoms. The fraction of sp³-hybridized carbons (Fsp3) is 0.500. The minimum absolute atomic E-state index is 0.252. The van der Waals surface area contributed by atoms with Gasteiger partial charge in [0.2, 0.25) is 0 Å². The lowest BCUT2D eigenvalue weighted by molar-refractivity contribution is -0.139. The monoisotopic (exact) mass is 234 g/mol. The van der Waals surface area contributed by atoms with Gasteiger partial charge in [0.25, 0.3) is 0 Å². The number of Topliss-reactive ketones (excluding diaryl/α,β-unsaturated/α-hetero) is 1.